The molecule has 1 fully saturated rings. The van der Waals surface area contributed by atoms with Crippen molar-refractivity contribution in [1.29, 1.82) is 0 Å². The Morgan fingerprint density at radius 1 is 1.21 bits per heavy atom. The summed E-state index contributed by atoms with van der Waals surface area (Å²) in [6.07, 6.45) is 1.17. The number of rotatable bonds is 3. The molecule has 0 saturated carbocycles. The Balaban J connectivity index is 1.98. The molecule has 3 heteroatoms. The first-order valence-corrected chi connectivity index (χ1v) is 7.22. The Labute approximate surface area is 116 Å². The highest BCUT2D eigenvalue weighted by Crippen LogP contribution is 2.14. The molecule has 2 rings (SSSR count). The van der Waals surface area contributed by atoms with E-state index in [2.05, 4.69) is 18.7 Å². The molecule has 1 aliphatic rings. The number of hydrogen-bond acceptors (Lipinski definition) is 2. The molecule has 1 aromatic carbocycles. The SMILES string of the molecule is CCC(C)N1CCN(C(=O)c2ccccc2C)CC1. The second-order valence-electron chi connectivity index (χ2n) is 5.40. The van der Waals surface area contributed by atoms with Crippen LogP contribution in [0.5, 0.6) is 0 Å². The van der Waals surface area contributed by atoms with Gasteiger partial charge in [-0.15, -0.1) is 0 Å². The molecule has 1 saturated heterocycles. The van der Waals surface area contributed by atoms with Gasteiger partial charge in [-0.05, 0) is 31.9 Å². The van der Waals surface area contributed by atoms with E-state index in [1.165, 1.54) is 6.42 Å². The van der Waals surface area contributed by atoms with Crippen LogP contribution in [-0.2, 0) is 0 Å². The first-order chi connectivity index (χ1) is 9.13. The lowest BCUT2D eigenvalue weighted by atomic mass is 10.1. The second-order valence-corrected chi connectivity index (χ2v) is 5.40. The maximum atomic E-state index is 12.5. The number of benzene rings is 1. The van der Waals surface area contributed by atoms with Crippen LogP contribution in [-0.4, -0.2) is 47.9 Å². The van der Waals surface area contributed by atoms with Gasteiger partial charge in [-0.2, -0.15) is 0 Å². The van der Waals surface area contributed by atoms with Crippen molar-refractivity contribution in [3.05, 3.63) is 35.4 Å². The van der Waals surface area contributed by atoms with E-state index in [-0.39, 0.29) is 5.91 Å². The highest BCUT2D eigenvalue weighted by Gasteiger charge is 2.24. The summed E-state index contributed by atoms with van der Waals surface area (Å²) in [5, 5.41) is 0. The van der Waals surface area contributed by atoms with Crippen LogP contribution in [0.4, 0.5) is 0 Å². The normalized spacial score (nSPS) is 18.4. The number of carbonyl (C=O) groups excluding carboxylic acids is 1. The molecule has 0 aromatic heterocycles. The number of amides is 1. The summed E-state index contributed by atoms with van der Waals surface area (Å²) in [5.74, 6) is 0.182. The molecule has 1 aliphatic heterocycles. The van der Waals surface area contributed by atoms with Crippen LogP contribution in [0.1, 0.15) is 36.2 Å². The molecule has 1 aromatic rings. The minimum atomic E-state index is 0.182. The zero-order valence-electron chi connectivity index (χ0n) is 12.2. The van der Waals surface area contributed by atoms with E-state index in [1.54, 1.807) is 0 Å². The number of aryl methyl sites for hydroxylation is 1. The average Bonchev–Trinajstić information content (AvgIpc) is 2.46. The summed E-state index contributed by atoms with van der Waals surface area (Å²) < 4.78 is 0. The Morgan fingerprint density at radius 3 is 2.42 bits per heavy atom. The summed E-state index contributed by atoms with van der Waals surface area (Å²) in [6, 6.07) is 8.47. The minimum Gasteiger partial charge on any atom is -0.336 e. The van der Waals surface area contributed by atoms with Crippen LogP contribution in [0.25, 0.3) is 0 Å². The van der Waals surface area contributed by atoms with Crippen LogP contribution in [0.3, 0.4) is 0 Å². The van der Waals surface area contributed by atoms with Crippen molar-refractivity contribution >= 4 is 5.91 Å². The van der Waals surface area contributed by atoms with Crippen molar-refractivity contribution in [3.63, 3.8) is 0 Å². The summed E-state index contributed by atoms with van der Waals surface area (Å²) in [7, 11) is 0. The largest absolute Gasteiger partial charge is 0.336 e. The third-order valence-corrected chi connectivity index (χ3v) is 4.19. The van der Waals surface area contributed by atoms with Crippen molar-refractivity contribution in [2.75, 3.05) is 26.2 Å². The lowest BCUT2D eigenvalue weighted by Crippen LogP contribution is -2.51. The van der Waals surface area contributed by atoms with Gasteiger partial charge in [-0.1, -0.05) is 25.1 Å². The smallest absolute Gasteiger partial charge is 0.254 e. The van der Waals surface area contributed by atoms with Gasteiger partial charge in [0, 0.05) is 37.8 Å². The maximum absolute atomic E-state index is 12.5. The first kappa shape index (κ1) is 14.1. The lowest BCUT2D eigenvalue weighted by molar-refractivity contribution is 0.0579. The van der Waals surface area contributed by atoms with Gasteiger partial charge in [0.1, 0.15) is 0 Å². The summed E-state index contributed by atoms with van der Waals surface area (Å²) >= 11 is 0. The molecule has 104 valence electrons. The summed E-state index contributed by atoms with van der Waals surface area (Å²) in [4.78, 5) is 16.9. The van der Waals surface area contributed by atoms with E-state index in [9.17, 15) is 4.79 Å². The Hall–Kier alpha value is -1.35. The van der Waals surface area contributed by atoms with E-state index < -0.39 is 0 Å². The monoisotopic (exact) mass is 260 g/mol. The molecule has 1 heterocycles. The molecule has 1 amide bonds. The molecular formula is C16H24N2O. The average molecular weight is 260 g/mol. The highest BCUT2D eigenvalue weighted by atomic mass is 16.2. The summed E-state index contributed by atoms with van der Waals surface area (Å²) in [5.41, 5.74) is 1.91. The van der Waals surface area contributed by atoms with Crippen LogP contribution in [0.15, 0.2) is 24.3 Å². The van der Waals surface area contributed by atoms with Crippen molar-refractivity contribution in [1.82, 2.24) is 9.80 Å². The van der Waals surface area contributed by atoms with E-state index in [0.717, 1.165) is 37.3 Å². The third-order valence-electron chi connectivity index (χ3n) is 4.19. The fourth-order valence-electron chi connectivity index (χ4n) is 2.61. The standard InChI is InChI=1S/C16H24N2O/c1-4-14(3)17-9-11-18(12-10-17)16(19)15-8-6-5-7-13(15)2/h5-8,14H,4,9-12H2,1-3H3. The van der Waals surface area contributed by atoms with Crippen LogP contribution >= 0.6 is 0 Å². The van der Waals surface area contributed by atoms with Crippen LogP contribution < -0.4 is 0 Å². The topological polar surface area (TPSA) is 23.6 Å². The molecule has 0 radical (unpaired) electrons. The zero-order chi connectivity index (χ0) is 13.8. The Kier molecular flexibility index (Phi) is 4.59. The maximum Gasteiger partial charge on any atom is 0.254 e. The van der Waals surface area contributed by atoms with Gasteiger partial charge >= 0.3 is 0 Å². The van der Waals surface area contributed by atoms with E-state index in [1.807, 2.05) is 36.1 Å². The van der Waals surface area contributed by atoms with Gasteiger partial charge in [0.25, 0.3) is 5.91 Å². The predicted molar refractivity (Wildman–Crippen MR) is 78.4 cm³/mol. The number of piperazine rings is 1. The summed E-state index contributed by atoms with van der Waals surface area (Å²) in [6.45, 7) is 10.2. The van der Waals surface area contributed by atoms with Crippen molar-refractivity contribution in [3.8, 4) is 0 Å². The van der Waals surface area contributed by atoms with E-state index in [4.69, 9.17) is 0 Å². The van der Waals surface area contributed by atoms with Gasteiger partial charge in [-0.25, -0.2) is 0 Å². The Morgan fingerprint density at radius 2 is 1.84 bits per heavy atom. The quantitative estimate of drug-likeness (QED) is 0.834. The van der Waals surface area contributed by atoms with Gasteiger partial charge < -0.3 is 4.90 Å². The first-order valence-electron chi connectivity index (χ1n) is 7.22. The second kappa shape index (κ2) is 6.20. The van der Waals surface area contributed by atoms with Crippen LogP contribution in [0.2, 0.25) is 0 Å². The van der Waals surface area contributed by atoms with Crippen LogP contribution in [0, 0.1) is 6.92 Å². The van der Waals surface area contributed by atoms with Gasteiger partial charge in [0.2, 0.25) is 0 Å². The number of carbonyl (C=O) groups is 1. The van der Waals surface area contributed by atoms with Gasteiger partial charge in [0.15, 0.2) is 0 Å². The molecule has 0 aliphatic carbocycles. The molecule has 1 unspecified atom stereocenters. The Bertz CT molecular complexity index is 436. The molecule has 1 atom stereocenters. The van der Waals surface area contributed by atoms with Crippen molar-refractivity contribution in [2.45, 2.75) is 33.2 Å². The molecule has 0 spiro atoms. The van der Waals surface area contributed by atoms with Crippen molar-refractivity contribution in [2.24, 2.45) is 0 Å². The molecule has 0 N–H and O–H groups in total. The molecule has 3 nitrogen and oxygen atoms in total. The number of hydrogen-bond donors (Lipinski definition) is 0. The van der Waals surface area contributed by atoms with E-state index in [0.29, 0.717) is 6.04 Å². The highest BCUT2D eigenvalue weighted by molar-refractivity contribution is 5.95. The minimum absolute atomic E-state index is 0.182. The molecule has 19 heavy (non-hydrogen) atoms. The van der Waals surface area contributed by atoms with Gasteiger partial charge in [0.05, 0.1) is 0 Å². The molecule has 0 bridgehead atoms. The number of nitrogens with zero attached hydrogens (tertiary/aromatic N) is 2. The van der Waals surface area contributed by atoms with Gasteiger partial charge in [-0.3, -0.25) is 9.69 Å². The fraction of sp³-hybridized carbons (Fsp3) is 0.562. The van der Waals surface area contributed by atoms with Crippen molar-refractivity contribution < 1.29 is 4.79 Å². The third kappa shape index (κ3) is 3.16. The zero-order valence-corrected chi connectivity index (χ0v) is 12.2. The molecular weight excluding hydrogens is 236 g/mol. The van der Waals surface area contributed by atoms with E-state index >= 15 is 0 Å². The fourth-order valence-corrected chi connectivity index (χ4v) is 2.61. The predicted octanol–water partition coefficient (Wildman–Crippen LogP) is 2.55. The lowest BCUT2D eigenvalue weighted by Gasteiger charge is -2.38.